The van der Waals surface area contributed by atoms with Gasteiger partial charge in [-0.15, -0.1) is 0 Å². The van der Waals surface area contributed by atoms with E-state index < -0.39 is 23.5 Å². The normalized spacial score (nSPS) is 22.0. The van der Waals surface area contributed by atoms with Crippen LogP contribution in [-0.4, -0.2) is 55.8 Å². The summed E-state index contributed by atoms with van der Waals surface area (Å²) in [5.74, 6) is -1.21. The summed E-state index contributed by atoms with van der Waals surface area (Å²) in [5, 5.41) is 28.3. The van der Waals surface area contributed by atoms with Crippen LogP contribution in [0.1, 0.15) is 31.1 Å². The molecule has 0 amide bonds. The molecule has 2 saturated heterocycles. The van der Waals surface area contributed by atoms with E-state index >= 15 is 4.39 Å². The molecule has 4 N–H and O–H groups in total. The topological polar surface area (TPSA) is 85.1 Å². The highest BCUT2D eigenvalue weighted by Gasteiger charge is 2.50. The number of anilines is 2. The van der Waals surface area contributed by atoms with Gasteiger partial charge in [-0.1, -0.05) is 6.42 Å². The van der Waals surface area contributed by atoms with Crippen molar-refractivity contribution in [1.29, 1.82) is 0 Å². The molecule has 5 rings (SSSR count). The van der Waals surface area contributed by atoms with E-state index in [0.717, 1.165) is 25.8 Å². The van der Waals surface area contributed by atoms with Gasteiger partial charge in [0.25, 0.3) is 0 Å². The monoisotopic (exact) mass is 555 g/mol. The summed E-state index contributed by atoms with van der Waals surface area (Å²) in [6, 6.07) is 4.56. The van der Waals surface area contributed by atoms with E-state index in [1.54, 1.807) is 23.4 Å². The van der Waals surface area contributed by atoms with Crippen LogP contribution in [0.15, 0.2) is 36.8 Å². The first kappa shape index (κ1) is 22.0. The lowest BCUT2D eigenvalue weighted by Gasteiger charge is -2.53. The van der Waals surface area contributed by atoms with Gasteiger partial charge in [0.1, 0.15) is 17.6 Å². The van der Waals surface area contributed by atoms with Gasteiger partial charge in [0, 0.05) is 46.9 Å². The first-order valence-electron chi connectivity index (χ1n) is 10.6. The molecular formula is C22H24F2IN5O2. The summed E-state index contributed by atoms with van der Waals surface area (Å²) in [4.78, 5) is 5.71. The molecule has 0 aliphatic carbocycles. The van der Waals surface area contributed by atoms with Gasteiger partial charge in [0.05, 0.1) is 11.4 Å². The number of imidazole rings is 1. The van der Waals surface area contributed by atoms with Crippen LogP contribution in [0.2, 0.25) is 0 Å². The van der Waals surface area contributed by atoms with Crippen molar-refractivity contribution < 1.29 is 19.0 Å². The highest BCUT2D eigenvalue weighted by molar-refractivity contribution is 14.1. The zero-order valence-corrected chi connectivity index (χ0v) is 19.4. The number of halogens is 3. The summed E-state index contributed by atoms with van der Waals surface area (Å²) < 4.78 is 32.1. The van der Waals surface area contributed by atoms with Crippen molar-refractivity contribution in [1.82, 2.24) is 19.6 Å². The number of aromatic nitrogens is 2. The zero-order valence-electron chi connectivity index (χ0n) is 17.2. The second-order valence-corrected chi connectivity index (χ2v) is 9.81. The largest absolute Gasteiger partial charge is 0.386 e. The molecule has 10 heteroatoms. The van der Waals surface area contributed by atoms with Gasteiger partial charge < -0.3 is 25.2 Å². The number of benzene rings is 1. The molecule has 32 heavy (non-hydrogen) atoms. The van der Waals surface area contributed by atoms with Crippen molar-refractivity contribution in [2.75, 3.05) is 25.0 Å². The molecule has 2 atom stereocenters. The Labute approximate surface area is 197 Å². The van der Waals surface area contributed by atoms with E-state index in [-0.39, 0.29) is 41.7 Å². The van der Waals surface area contributed by atoms with Crippen LogP contribution in [-0.2, 0) is 0 Å². The van der Waals surface area contributed by atoms with Gasteiger partial charge in [0.15, 0.2) is 11.5 Å². The van der Waals surface area contributed by atoms with Crippen molar-refractivity contribution in [3.8, 4) is 0 Å². The van der Waals surface area contributed by atoms with Gasteiger partial charge >= 0.3 is 0 Å². The average molecular weight is 555 g/mol. The number of pyridine rings is 1. The molecule has 2 aliphatic rings. The molecule has 1 unspecified atom stereocenters. The van der Waals surface area contributed by atoms with Crippen LogP contribution in [0.5, 0.6) is 0 Å². The lowest BCUT2D eigenvalue weighted by atomic mass is 9.81. The Balaban J connectivity index is 1.46. The number of nitrogens with zero attached hydrogens (tertiary/aromatic N) is 3. The van der Waals surface area contributed by atoms with Crippen molar-refractivity contribution in [3.63, 3.8) is 0 Å². The van der Waals surface area contributed by atoms with Crippen molar-refractivity contribution in [2.45, 2.75) is 37.1 Å². The molecule has 7 nitrogen and oxygen atoms in total. The summed E-state index contributed by atoms with van der Waals surface area (Å²) >= 11 is 2.00. The number of fused-ring (bicyclic) bond motifs is 1. The van der Waals surface area contributed by atoms with Crippen molar-refractivity contribution >= 4 is 39.6 Å². The molecule has 1 aromatic carbocycles. The fourth-order valence-electron chi connectivity index (χ4n) is 4.65. The van der Waals surface area contributed by atoms with Gasteiger partial charge in [0.2, 0.25) is 0 Å². The molecule has 0 saturated carbocycles. The Morgan fingerprint density at radius 2 is 2.09 bits per heavy atom. The maximum absolute atomic E-state index is 15.4. The number of hydrogen-bond donors (Lipinski definition) is 4. The number of likely N-dealkylation sites (tertiary alicyclic amines) is 1. The number of aliphatic hydroxyl groups is 2. The summed E-state index contributed by atoms with van der Waals surface area (Å²) in [6.07, 6.45) is 6.47. The Kier molecular flexibility index (Phi) is 5.82. The molecule has 170 valence electrons. The van der Waals surface area contributed by atoms with E-state index in [0.29, 0.717) is 3.57 Å². The number of piperidine rings is 1. The van der Waals surface area contributed by atoms with E-state index in [1.165, 1.54) is 22.7 Å². The molecule has 0 spiro atoms. The van der Waals surface area contributed by atoms with Gasteiger partial charge in [-0.25, -0.2) is 13.8 Å². The number of hydrogen-bond acceptors (Lipinski definition) is 6. The quantitative estimate of drug-likeness (QED) is 0.363. The Morgan fingerprint density at radius 1 is 1.28 bits per heavy atom. The van der Waals surface area contributed by atoms with Crippen LogP contribution in [0.4, 0.5) is 20.2 Å². The first-order chi connectivity index (χ1) is 15.4. The molecule has 2 fully saturated rings. The minimum atomic E-state index is -1.19. The number of rotatable bonds is 5. The second kappa shape index (κ2) is 8.49. The molecule has 2 aromatic heterocycles. The standard InChI is InChI=1S/C22H24F2IN5O2/c23-15-9-13(25)4-5-16(15)28-19-14(10-29-8-7-27-20(29)18(19)24)21(31)30-11-22(32,12-30)17-3-1-2-6-26-17/h4-5,7-10,17,21,26,28,31-32H,1-3,6,11-12H2/t17-,21?/m0/s1. The van der Waals surface area contributed by atoms with Crippen LogP contribution in [0.25, 0.3) is 5.65 Å². The minimum Gasteiger partial charge on any atom is -0.386 e. The van der Waals surface area contributed by atoms with Crippen LogP contribution >= 0.6 is 22.6 Å². The maximum atomic E-state index is 15.4. The SMILES string of the molecule is OC(c1cn2ccnc2c(F)c1Nc1ccc(I)cc1F)N1CC(O)([C@@H]2CCCCN2)C1. The van der Waals surface area contributed by atoms with Gasteiger partial charge in [-0.3, -0.25) is 4.90 Å². The average Bonchev–Trinajstić information content (AvgIpc) is 3.24. The minimum absolute atomic E-state index is 0.0222. The highest BCUT2D eigenvalue weighted by Crippen LogP contribution is 2.38. The third-order valence-electron chi connectivity index (χ3n) is 6.38. The number of aliphatic hydroxyl groups excluding tert-OH is 1. The molecule has 3 aromatic rings. The predicted octanol–water partition coefficient (Wildman–Crippen LogP) is 3.14. The van der Waals surface area contributed by atoms with Crippen molar-refractivity contribution in [2.24, 2.45) is 0 Å². The fraction of sp³-hybridized carbons (Fsp3) is 0.409. The van der Waals surface area contributed by atoms with E-state index in [4.69, 9.17) is 0 Å². The summed E-state index contributed by atoms with van der Waals surface area (Å²) in [6.45, 7) is 1.38. The lowest BCUT2D eigenvalue weighted by Crippen LogP contribution is -2.71. The maximum Gasteiger partial charge on any atom is 0.190 e. The fourth-order valence-corrected chi connectivity index (χ4v) is 5.10. The Hall–Kier alpha value is -1.86. The third-order valence-corrected chi connectivity index (χ3v) is 7.05. The zero-order chi connectivity index (χ0) is 22.5. The van der Waals surface area contributed by atoms with Gasteiger partial charge in [-0.2, -0.15) is 0 Å². The Morgan fingerprint density at radius 3 is 2.81 bits per heavy atom. The highest BCUT2D eigenvalue weighted by atomic mass is 127. The first-order valence-corrected chi connectivity index (χ1v) is 11.7. The van der Waals surface area contributed by atoms with Crippen LogP contribution in [0.3, 0.4) is 0 Å². The predicted molar refractivity (Wildman–Crippen MR) is 125 cm³/mol. The smallest absolute Gasteiger partial charge is 0.190 e. The van der Waals surface area contributed by atoms with E-state index in [2.05, 4.69) is 15.6 Å². The second-order valence-electron chi connectivity index (χ2n) is 8.57. The van der Waals surface area contributed by atoms with Gasteiger partial charge in [-0.05, 0) is 60.2 Å². The van der Waals surface area contributed by atoms with Crippen LogP contribution < -0.4 is 10.6 Å². The van der Waals surface area contributed by atoms with Crippen molar-refractivity contribution in [3.05, 3.63) is 57.6 Å². The molecule has 2 aliphatic heterocycles. The number of β-amino-alcohol motifs (C(OH)–C–C–N with tert-alkyl or cyclic N) is 1. The molecule has 0 radical (unpaired) electrons. The molecule has 0 bridgehead atoms. The lowest BCUT2D eigenvalue weighted by molar-refractivity contribution is -0.179. The molecular weight excluding hydrogens is 531 g/mol. The molecule has 4 heterocycles. The van der Waals surface area contributed by atoms with E-state index in [9.17, 15) is 14.6 Å². The summed E-state index contributed by atoms with van der Waals surface area (Å²) in [5.41, 5.74) is -0.567. The van der Waals surface area contributed by atoms with Crippen LogP contribution in [0, 0.1) is 15.2 Å². The number of nitrogens with one attached hydrogen (secondary N) is 2. The summed E-state index contributed by atoms with van der Waals surface area (Å²) in [7, 11) is 0. The van der Waals surface area contributed by atoms with E-state index in [1.807, 2.05) is 22.6 Å². The Bertz CT molecular complexity index is 1140. The third kappa shape index (κ3) is 3.87.